The van der Waals surface area contributed by atoms with E-state index in [4.69, 9.17) is 11.6 Å². The van der Waals surface area contributed by atoms with Crippen LogP contribution < -0.4 is 0 Å². The van der Waals surface area contributed by atoms with Crippen LogP contribution in [0, 0.1) is 0 Å². The van der Waals surface area contributed by atoms with Gasteiger partial charge in [-0.15, -0.1) is 0 Å². The maximum atomic E-state index is 9.49. The Morgan fingerprint density at radius 1 is 1.06 bits per heavy atom. The molecule has 0 aliphatic carbocycles. The fraction of sp³-hybridized carbons (Fsp3) is 0.200. The van der Waals surface area contributed by atoms with Gasteiger partial charge in [0.1, 0.15) is 5.75 Å². The zero-order valence-corrected chi connectivity index (χ0v) is 10.6. The summed E-state index contributed by atoms with van der Waals surface area (Å²) < 4.78 is 0. The molecule has 0 fully saturated rings. The van der Waals surface area contributed by atoms with Gasteiger partial charge in [-0.1, -0.05) is 35.9 Å². The average molecular weight is 263 g/mol. The molecule has 0 bridgehead atoms. The Labute approximate surface area is 111 Å². The van der Waals surface area contributed by atoms with Gasteiger partial charge in [-0.05, 0) is 41.8 Å². The number of rotatable bonds is 4. The van der Waals surface area contributed by atoms with Gasteiger partial charge in [0, 0.05) is 10.9 Å². The largest absolute Gasteiger partial charge is 0.508 e. The highest BCUT2D eigenvalue weighted by molar-refractivity contribution is 6.30. The topological polar surface area (TPSA) is 40.5 Å². The number of aliphatic hydroxyl groups excluding tert-OH is 1. The predicted octanol–water partition coefficient (Wildman–Crippen LogP) is 3.36. The lowest BCUT2D eigenvalue weighted by Gasteiger charge is -2.15. The second kappa shape index (κ2) is 5.89. The summed E-state index contributed by atoms with van der Waals surface area (Å²) in [6.07, 6.45) is 0.719. The summed E-state index contributed by atoms with van der Waals surface area (Å²) in [5.74, 6) is 0.273. The van der Waals surface area contributed by atoms with Crippen LogP contribution >= 0.6 is 11.6 Å². The van der Waals surface area contributed by atoms with Gasteiger partial charge >= 0.3 is 0 Å². The molecular weight excluding hydrogens is 248 g/mol. The molecule has 2 aromatic rings. The Morgan fingerprint density at radius 2 is 1.78 bits per heavy atom. The van der Waals surface area contributed by atoms with Crippen molar-refractivity contribution < 1.29 is 10.2 Å². The molecular formula is C15H15ClO2. The highest BCUT2D eigenvalue weighted by Crippen LogP contribution is 2.24. The van der Waals surface area contributed by atoms with Gasteiger partial charge in [0.25, 0.3) is 0 Å². The number of hydrogen-bond acceptors (Lipinski definition) is 2. The van der Waals surface area contributed by atoms with Gasteiger partial charge in [-0.2, -0.15) is 0 Å². The Kier molecular flexibility index (Phi) is 4.24. The number of halogens is 1. The lowest BCUT2D eigenvalue weighted by molar-refractivity contribution is 0.264. The molecule has 0 saturated carbocycles. The predicted molar refractivity (Wildman–Crippen MR) is 73.1 cm³/mol. The highest BCUT2D eigenvalue weighted by Gasteiger charge is 2.11. The molecule has 3 heteroatoms. The van der Waals surface area contributed by atoms with Crippen LogP contribution in [0.2, 0.25) is 5.02 Å². The second-order valence-corrected chi connectivity index (χ2v) is 4.74. The van der Waals surface area contributed by atoms with E-state index in [0.717, 1.165) is 17.5 Å². The van der Waals surface area contributed by atoms with Crippen molar-refractivity contribution in [1.82, 2.24) is 0 Å². The minimum absolute atomic E-state index is 0.0215. The number of phenolic OH excluding ortho intramolecular Hbond substituents is 1. The number of phenols is 1. The molecule has 0 aliphatic heterocycles. The van der Waals surface area contributed by atoms with Gasteiger partial charge in [0.2, 0.25) is 0 Å². The monoisotopic (exact) mass is 262 g/mol. The number of aliphatic hydroxyl groups is 1. The van der Waals surface area contributed by atoms with Gasteiger partial charge in [-0.3, -0.25) is 0 Å². The summed E-state index contributed by atoms with van der Waals surface area (Å²) >= 11 is 5.95. The summed E-state index contributed by atoms with van der Waals surface area (Å²) in [6, 6.07) is 14.6. The van der Waals surface area contributed by atoms with Crippen molar-refractivity contribution in [2.45, 2.75) is 12.3 Å². The smallest absolute Gasteiger partial charge is 0.115 e. The lowest BCUT2D eigenvalue weighted by Crippen LogP contribution is -2.07. The molecule has 2 rings (SSSR count). The summed E-state index contributed by atoms with van der Waals surface area (Å²) in [4.78, 5) is 0. The van der Waals surface area contributed by atoms with E-state index in [1.165, 1.54) is 0 Å². The third-order valence-corrected chi connectivity index (χ3v) is 3.19. The number of aromatic hydroxyl groups is 1. The normalized spacial score (nSPS) is 12.3. The minimum atomic E-state index is 0.0215. The minimum Gasteiger partial charge on any atom is -0.508 e. The summed E-state index contributed by atoms with van der Waals surface area (Å²) in [5, 5.41) is 19.4. The molecule has 0 spiro atoms. The lowest BCUT2D eigenvalue weighted by atomic mass is 9.93. The fourth-order valence-corrected chi connectivity index (χ4v) is 2.16. The van der Waals surface area contributed by atoms with Crippen LogP contribution in [0.15, 0.2) is 48.5 Å². The van der Waals surface area contributed by atoms with E-state index in [-0.39, 0.29) is 18.3 Å². The van der Waals surface area contributed by atoms with E-state index in [1.807, 2.05) is 36.4 Å². The van der Waals surface area contributed by atoms with E-state index in [1.54, 1.807) is 12.1 Å². The fourth-order valence-electron chi connectivity index (χ4n) is 1.96. The van der Waals surface area contributed by atoms with E-state index >= 15 is 0 Å². The zero-order valence-electron chi connectivity index (χ0n) is 9.88. The molecule has 0 amide bonds. The molecule has 1 unspecified atom stereocenters. The Bertz CT molecular complexity index is 508. The third kappa shape index (κ3) is 3.25. The quantitative estimate of drug-likeness (QED) is 0.887. The molecule has 18 heavy (non-hydrogen) atoms. The van der Waals surface area contributed by atoms with Crippen molar-refractivity contribution in [2.75, 3.05) is 6.61 Å². The van der Waals surface area contributed by atoms with Gasteiger partial charge in [-0.25, -0.2) is 0 Å². The molecule has 2 aromatic carbocycles. The van der Waals surface area contributed by atoms with Crippen LogP contribution in [0.1, 0.15) is 17.0 Å². The molecule has 0 aromatic heterocycles. The maximum absolute atomic E-state index is 9.49. The summed E-state index contributed by atoms with van der Waals surface area (Å²) in [6.45, 7) is 0.0707. The van der Waals surface area contributed by atoms with Crippen LogP contribution in [-0.2, 0) is 6.42 Å². The first-order chi connectivity index (χ1) is 8.69. The first-order valence-electron chi connectivity index (χ1n) is 5.83. The van der Waals surface area contributed by atoms with Crippen LogP contribution in [0.25, 0.3) is 0 Å². The van der Waals surface area contributed by atoms with Crippen LogP contribution in [0.3, 0.4) is 0 Å². The van der Waals surface area contributed by atoms with E-state index < -0.39 is 0 Å². The number of benzene rings is 2. The maximum Gasteiger partial charge on any atom is 0.115 e. The van der Waals surface area contributed by atoms with Gasteiger partial charge in [0.05, 0.1) is 6.61 Å². The standard InChI is InChI=1S/C15H15ClO2/c16-14-3-1-2-12(9-14)13(10-17)8-11-4-6-15(18)7-5-11/h1-7,9,13,17-18H,8,10H2. The van der Waals surface area contributed by atoms with Crippen LogP contribution in [-0.4, -0.2) is 16.8 Å². The molecule has 1 atom stereocenters. The first kappa shape index (κ1) is 12.9. The molecule has 0 saturated heterocycles. The highest BCUT2D eigenvalue weighted by atomic mass is 35.5. The van der Waals surface area contributed by atoms with E-state index in [9.17, 15) is 10.2 Å². The van der Waals surface area contributed by atoms with Crippen molar-refractivity contribution in [3.05, 3.63) is 64.7 Å². The Balaban J connectivity index is 2.17. The molecule has 2 N–H and O–H groups in total. The molecule has 0 heterocycles. The van der Waals surface area contributed by atoms with Gasteiger partial charge in [0.15, 0.2) is 0 Å². The first-order valence-corrected chi connectivity index (χ1v) is 6.21. The summed E-state index contributed by atoms with van der Waals surface area (Å²) in [5.41, 5.74) is 2.10. The van der Waals surface area contributed by atoms with Crippen LogP contribution in [0.5, 0.6) is 5.75 Å². The second-order valence-electron chi connectivity index (χ2n) is 4.31. The molecule has 2 nitrogen and oxygen atoms in total. The Morgan fingerprint density at radius 3 is 2.39 bits per heavy atom. The molecule has 0 radical (unpaired) electrons. The van der Waals surface area contributed by atoms with Crippen LogP contribution in [0.4, 0.5) is 0 Å². The van der Waals surface area contributed by atoms with Gasteiger partial charge < -0.3 is 10.2 Å². The SMILES string of the molecule is OCC(Cc1ccc(O)cc1)c1cccc(Cl)c1. The van der Waals surface area contributed by atoms with E-state index in [2.05, 4.69) is 0 Å². The number of hydrogen-bond donors (Lipinski definition) is 2. The third-order valence-electron chi connectivity index (χ3n) is 2.96. The molecule has 0 aliphatic rings. The Hall–Kier alpha value is -1.51. The van der Waals surface area contributed by atoms with Crippen molar-refractivity contribution >= 4 is 11.6 Å². The average Bonchev–Trinajstić information content (AvgIpc) is 2.38. The van der Waals surface area contributed by atoms with Crippen molar-refractivity contribution in [1.29, 1.82) is 0 Å². The van der Waals surface area contributed by atoms with Crippen molar-refractivity contribution in [3.63, 3.8) is 0 Å². The molecule has 94 valence electrons. The van der Waals surface area contributed by atoms with E-state index in [0.29, 0.717) is 5.02 Å². The van der Waals surface area contributed by atoms with Crippen molar-refractivity contribution in [3.8, 4) is 5.75 Å². The summed E-state index contributed by atoms with van der Waals surface area (Å²) in [7, 11) is 0. The zero-order chi connectivity index (χ0) is 13.0. The van der Waals surface area contributed by atoms with Crippen molar-refractivity contribution in [2.24, 2.45) is 0 Å².